The standard InChI is InChI=1S/C15H29N3O2.2ClH/c1-13(11-16-2)15(19)18-5-3-14(4-6-18)12-17-7-9-20-10-8-17;;/h13-14,16H,3-12H2,1-2H3;2*1H. The summed E-state index contributed by atoms with van der Waals surface area (Å²) in [7, 11) is 1.90. The van der Waals surface area contributed by atoms with Crippen molar-refractivity contribution >= 4 is 30.7 Å². The van der Waals surface area contributed by atoms with Crippen LogP contribution in [0.3, 0.4) is 0 Å². The number of carbonyl (C=O) groups is 1. The number of hydrogen-bond acceptors (Lipinski definition) is 4. The summed E-state index contributed by atoms with van der Waals surface area (Å²) in [6.07, 6.45) is 2.30. The van der Waals surface area contributed by atoms with Gasteiger partial charge in [-0.2, -0.15) is 0 Å². The molecule has 1 unspecified atom stereocenters. The number of nitrogens with one attached hydrogen (secondary N) is 1. The maximum atomic E-state index is 12.2. The van der Waals surface area contributed by atoms with Crippen LogP contribution in [-0.4, -0.2) is 75.2 Å². The quantitative estimate of drug-likeness (QED) is 0.806. The highest BCUT2D eigenvalue weighted by atomic mass is 35.5. The molecule has 0 aromatic heterocycles. The number of hydrogen-bond donors (Lipinski definition) is 1. The molecule has 2 fully saturated rings. The second kappa shape index (κ2) is 11.5. The second-order valence-corrected chi connectivity index (χ2v) is 6.14. The van der Waals surface area contributed by atoms with Crippen molar-refractivity contribution in [1.29, 1.82) is 0 Å². The molecule has 0 spiro atoms. The van der Waals surface area contributed by atoms with E-state index in [-0.39, 0.29) is 30.7 Å². The fourth-order valence-electron chi connectivity index (χ4n) is 3.19. The number of ether oxygens (including phenoxy) is 1. The Balaban J connectivity index is 0.00000220. The van der Waals surface area contributed by atoms with Gasteiger partial charge in [-0.25, -0.2) is 0 Å². The summed E-state index contributed by atoms with van der Waals surface area (Å²) in [6.45, 7) is 9.71. The Bertz CT molecular complexity index is 307. The van der Waals surface area contributed by atoms with Gasteiger partial charge in [0.25, 0.3) is 0 Å². The van der Waals surface area contributed by atoms with Crippen LogP contribution in [0, 0.1) is 11.8 Å². The van der Waals surface area contributed by atoms with Gasteiger partial charge in [-0.3, -0.25) is 9.69 Å². The van der Waals surface area contributed by atoms with E-state index in [9.17, 15) is 4.79 Å². The molecule has 0 aromatic rings. The summed E-state index contributed by atoms with van der Waals surface area (Å²) >= 11 is 0. The van der Waals surface area contributed by atoms with Gasteiger partial charge in [0, 0.05) is 45.2 Å². The highest BCUT2D eigenvalue weighted by Gasteiger charge is 2.26. The molecule has 5 nitrogen and oxygen atoms in total. The predicted octanol–water partition coefficient (Wildman–Crippen LogP) is 1.26. The van der Waals surface area contributed by atoms with Gasteiger partial charge in [0.05, 0.1) is 13.2 Å². The first-order valence-electron chi connectivity index (χ1n) is 7.94. The smallest absolute Gasteiger partial charge is 0.226 e. The lowest BCUT2D eigenvalue weighted by Gasteiger charge is -2.36. The average Bonchev–Trinajstić information content (AvgIpc) is 2.48. The molecule has 22 heavy (non-hydrogen) atoms. The lowest BCUT2D eigenvalue weighted by atomic mass is 9.95. The van der Waals surface area contributed by atoms with E-state index < -0.39 is 0 Å². The van der Waals surface area contributed by atoms with Crippen molar-refractivity contribution in [3.8, 4) is 0 Å². The number of nitrogens with zero attached hydrogens (tertiary/aromatic N) is 2. The van der Waals surface area contributed by atoms with E-state index >= 15 is 0 Å². The van der Waals surface area contributed by atoms with Crippen molar-refractivity contribution in [3.05, 3.63) is 0 Å². The fourth-order valence-corrected chi connectivity index (χ4v) is 3.19. The van der Waals surface area contributed by atoms with Crippen LogP contribution in [0.2, 0.25) is 0 Å². The van der Waals surface area contributed by atoms with Gasteiger partial charge in [-0.15, -0.1) is 24.8 Å². The SMILES string of the molecule is CNCC(C)C(=O)N1CCC(CN2CCOCC2)CC1.Cl.Cl. The number of carbonyl (C=O) groups excluding carboxylic acids is 1. The Hall–Kier alpha value is -0.0700. The summed E-state index contributed by atoms with van der Waals surface area (Å²) in [5.41, 5.74) is 0. The summed E-state index contributed by atoms with van der Waals surface area (Å²) in [5, 5.41) is 3.08. The molecular weight excluding hydrogens is 325 g/mol. The van der Waals surface area contributed by atoms with Crippen LogP contribution < -0.4 is 5.32 Å². The monoisotopic (exact) mass is 355 g/mol. The zero-order chi connectivity index (χ0) is 14.4. The first-order valence-corrected chi connectivity index (χ1v) is 7.94. The van der Waals surface area contributed by atoms with Crippen molar-refractivity contribution in [2.45, 2.75) is 19.8 Å². The molecular formula is C15H31Cl2N3O2. The maximum Gasteiger partial charge on any atom is 0.226 e. The van der Waals surface area contributed by atoms with Crippen molar-refractivity contribution < 1.29 is 9.53 Å². The molecule has 7 heteroatoms. The van der Waals surface area contributed by atoms with Gasteiger partial charge in [-0.1, -0.05) is 6.92 Å². The number of rotatable bonds is 5. The molecule has 1 amide bonds. The van der Waals surface area contributed by atoms with Gasteiger partial charge in [-0.05, 0) is 25.8 Å². The minimum Gasteiger partial charge on any atom is -0.379 e. The largest absolute Gasteiger partial charge is 0.379 e. The molecule has 1 atom stereocenters. The number of halogens is 2. The lowest BCUT2D eigenvalue weighted by molar-refractivity contribution is -0.136. The van der Waals surface area contributed by atoms with Crippen molar-refractivity contribution in [2.24, 2.45) is 11.8 Å². The Morgan fingerprint density at radius 1 is 1.18 bits per heavy atom. The summed E-state index contributed by atoms with van der Waals surface area (Å²) in [6, 6.07) is 0. The first-order chi connectivity index (χ1) is 9.70. The van der Waals surface area contributed by atoms with Crippen LogP contribution in [0.5, 0.6) is 0 Å². The Labute approximate surface area is 146 Å². The highest BCUT2D eigenvalue weighted by molar-refractivity contribution is 5.85. The van der Waals surface area contributed by atoms with E-state index in [0.29, 0.717) is 5.91 Å². The Morgan fingerprint density at radius 3 is 2.32 bits per heavy atom. The molecule has 0 bridgehead atoms. The minimum absolute atomic E-state index is 0. The molecule has 0 radical (unpaired) electrons. The van der Waals surface area contributed by atoms with Crippen molar-refractivity contribution in [2.75, 3.05) is 59.5 Å². The van der Waals surface area contributed by atoms with Gasteiger partial charge >= 0.3 is 0 Å². The molecule has 0 aromatic carbocycles. The number of morpholine rings is 1. The molecule has 2 saturated heterocycles. The van der Waals surface area contributed by atoms with Gasteiger partial charge in [0.1, 0.15) is 0 Å². The predicted molar refractivity (Wildman–Crippen MR) is 94.1 cm³/mol. The van der Waals surface area contributed by atoms with E-state index in [1.54, 1.807) is 0 Å². The number of likely N-dealkylation sites (tertiary alicyclic amines) is 1. The summed E-state index contributed by atoms with van der Waals surface area (Å²) in [5.74, 6) is 1.15. The molecule has 1 N–H and O–H groups in total. The molecule has 132 valence electrons. The zero-order valence-corrected chi connectivity index (χ0v) is 15.4. The lowest BCUT2D eigenvalue weighted by Crippen LogP contribution is -2.46. The van der Waals surface area contributed by atoms with Crippen LogP contribution in [0.1, 0.15) is 19.8 Å². The van der Waals surface area contributed by atoms with E-state index in [0.717, 1.165) is 64.7 Å². The fraction of sp³-hybridized carbons (Fsp3) is 0.933. The minimum atomic E-state index is 0. The van der Waals surface area contributed by atoms with Crippen LogP contribution in [0.4, 0.5) is 0 Å². The van der Waals surface area contributed by atoms with Crippen molar-refractivity contribution in [3.63, 3.8) is 0 Å². The van der Waals surface area contributed by atoms with E-state index in [1.165, 1.54) is 6.54 Å². The Morgan fingerprint density at radius 2 is 1.77 bits per heavy atom. The summed E-state index contributed by atoms with van der Waals surface area (Å²) < 4.78 is 5.39. The van der Waals surface area contributed by atoms with E-state index in [2.05, 4.69) is 15.1 Å². The molecule has 0 saturated carbocycles. The highest BCUT2D eigenvalue weighted by Crippen LogP contribution is 2.20. The van der Waals surface area contributed by atoms with Crippen molar-refractivity contribution in [1.82, 2.24) is 15.1 Å². The zero-order valence-electron chi connectivity index (χ0n) is 13.8. The maximum absolute atomic E-state index is 12.2. The number of piperidine rings is 1. The average molecular weight is 356 g/mol. The molecule has 0 aliphatic carbocycles. The first kappa shape index (κ1) is 21.9. The third-order valence-electron chi connectivity index (χ3n) is 4.48. The third-order valence-corrected chi connectivity index (χ3v) is 4.48. The van der Waals surface area contributed by atoms with Crippen LogP contribution in [-0.2, 0) is 9.53 Å². The van der Waals surface area contributed by atoms with E-state index in [4.69, 9.17) is 4.74 Å². The molecule has 2 aliphatic rings. The molecule has 2 heterocycles. The topological polar surface area (TPSA) is 44.8 Å². The van der Waals surface area contributed by atoms with Gasteiger partial charge in [0.15, 0.2) is 0 Å². The van der Waals surface area contributed by atoms with Crippen LogP contribution >= 0.6 is 24.8 Å². The normalized spacial score (nSPS) is 21.6. The van der Waals surface area contributed by atoms with Gasteiger partial charge < -0.3 is 15.0 Å². The third kappa shape index (κ3) is 6.59. The van der Waals surface area contributed by atoms with Crippen LogP contribution in [0.25, 0.3) is 0 Å². The summed E-state index contributed by atoms with van der Waals surface area (Å²) in [4.78, 5) is 16.8. The van der Waals surface area contributed by atoms with Crippen LogP contribution in [0.15, 0.2) is 0 Å². The second-order valence-electron chi connectivity index (χ2n) is 6.14. The Kier molecular flexibility index (Phi) is 11.4. The van der Waals surface area contributed by atoms with Gasteiger partial charge in [0.2, 0.25) is 5.91 Å². The molecule has 2 aliphatic heterocycles. The number of amides is 1. The molecule has 2 rings (SSSR count). The van der Waals surface area contributed by atoms with E-state index in [1.807, 2.05) is 14.0 Å².